The Morgan fingerprint density at radius 2 is 1.67 bits per heavy atom. The smallest absolute Gasteiger partial charge is 0.203 e. The molecule has 5 heteroatoms. The van der Waals surface area contributed by atoms with Gasteiger partial charge in [-0.2, -0.15) is 0 Å². The van der Waals surface area contributed by atoms with Gasteiger partial charge in [0.25, 0.3) is 0 Å². The lowest BCUT2D eigenvalue weighted by Gasteiger charge is -2.12. The molecule has 1 aliphatic rings. The number of aliphatic imine (C=N–C) groups is 2. The van der Waals surface area contributed by atoms with Crippen LogP contribution >= 0.6 is 0 Å². The number of rotatable bonds is 4. The molecule has 5 nitrogen and oxygen atoms in total. The molecule has 0 atom stereocenters. The molecule has 0 saturated carbocycles. The summed E-state index contributed by atoms with van der Waals surface area (Å²) in [5.74, 6) is 1.80. The largest absolute Gasteiger partial charge is 0.493 e. The van der Waals surface area contributed by atoms with Gasteiger partial charge in [0.2, 0.25) is 5.75 Å². The summed E-state index contributed by atoms with van der Waals surface area (Å²) in [6.07, 6.45) is 5.07. The quantitative estimate of drug-likeness (QED) is 0.818. The van der Waals surface area contributed by atoms with Gasteiger partial charge in [-0.05, 0) is 23.8 Å². The van der Waals surface area contributed by atoms with Crippen LogP contribution < -0.4 is 14.2 Å². The third-order valence-corrected chi connectivity index (χ3v) is 2.48. The molecule has 0 aliphatic carbocycles. The molecule has 0 radical (unpaired) electrons. The van der Waals surface area contributed by atoms with E-state index in [1.54, 1.807) is 27.5 Å². The third kappa shape index (κ3) is 2.34. The Bertz CT molecular complexity index is 494. The average molecular weight is 246 g/mol. The molecule has 0 fully saturated rings. The highest BCUT2D eigenvalue weighted by atomic mass is 16.5. The van der Waals surface area contributed by atoms with Gasteiger partial charge >= 0.3 is 0 Å². The van der Waals surface area contributed by atoms with Crippen molar-refractivity contribution in [1.29, 1.82) is 0 Å². The van der Waals surface area contributed by atoms with Gasteiger partial charge in [0.1, 0.15) is 6.34 Å². The van der Waals surface area contributed by atoms with Crippen LogP contribution in [0.15, 0.2) is 27.8 Å². The van der Waals surface area contributed by atoms with Gasteiger partial charge in [0, 0.05) is 0 Å². The van der Waals surface area contributed by atoms with Gasteiger partial charge in [0.05, 0.1) is 33.2 Å². The fourth-order valence-electron chi connectivity index (χ4n) is 1.67. The Morgan fingerprint density at radius 1 is 1.00 bits per heavy atom. The molecule has 1 aromatic carbocycles. The molecule has 1 heterocycles. The Balaban J connectivity index is 2.46. The van der Waals surface area contributed by atoms with E-state index in [2.05, 4.69) is 9.98 Å². The molecule has 0 aromatic heterocycles. The van der Waals surface area contributed by atoms with Crippen molar-refractivity contribution in [3.8, 4) is 17.2 Å². The Morgan fingerprint density at radius 3 is 2.11 bits per heavy atom. The van der Waals surface area contributed by atoms with E-state index >= 15 is 0 Å². The zero-order valence-electron chi connectivity index (χ0n) is 10.5. The van der Waals surface area contributed by atoms with E-state index in [0.717, 1.165) is 11.3 Å². The lowest BCUT2D eigenvalue weighted by atomic mass is 10.1. The van der Waals surface area contributed by atoms with Crippen LogP contribution in [-0.2, 0) is 0 Å². The average Bonchev–Trinajstić information content (AvgIpc) is 2.90. The summed E-state index contributed by atoms with van der Waals surface area (Å²) >= 11 is 0. The third-order valence-electron chi connectivity index (χ3n) is 2.48. The normalized spacial score (nSPS) is 15.2. The number of hydrogen-bond acceptors (Lipinski definition) is 5. The SMILES string of the molecule is COc1cc(/C=C2/C=NC=N2)cc(OC)c1OC. The van der Waals surface area contributed by atoms with Gasteiger partial charge in [-0.25, -0.2) is 9.98 Å². The Kier molecular flexibility index (Phi) is 3.62. The van der Waals surface area contributed by atoms with Gasteiger partial charge < -0.3 is 14.2 Å². The monoisotopic (exact) mass is 246 g/mol. The van der Waals surface area contributed by atoms with Crippen LogP contribution in [0.2, 0.25) is 0 Å². The van der Waals surface area contributed by atoms with E-state index in [4.69, 9.17) is 14.2 Å². The minimum atomic E-state index is 0.575. The molecule has 94 valence electrons. The fraction of sp³-hybridized carbons (Fsp3) is 0.231. The maximum absolute atomic E-state index is 5.28. The first-order valence-corrected chi connectivity index (χ1v) is 5.36. The number of nitrogens with zero attached hydrogens (tertiary/aromatic N) is 2. The van der Waals surface area contributed by atoms with Crippen LogP contribution in [-0.4, -0.2) is 33.9 Å². The Labute approximate surface area is 105 Å². The predicted molar refractivity (Wildman–Crippen MR) is 71.1 cm³/mol. The molecular formula is C13H14N2O3. The lowest BCUT2D eigenvalue weighted by Crippen LogP contribution is -1.95. The zero-order chi connectivity index (χ0) is 13.0. The second-order valence-corrected chi connectivity index (χ2v) is 3.55. The molecule has 0 N–H and O–H groups in total. The number of ether oxygens (including phenoxy) is 3. The summed E-state index contributed by atoms with van der Waals surface area (Å²) in [5, 5.41) is 0. The molecule has 0 unspecified atom stereocenters. The highest BCUT2D eigenvalue weighted by molar-refractivity contribution is 5.95. The highest BCUT2D eigenvalue weighted by Gasteiger charge is 2.12. The maximum atomic E-state index is 5.28. The second-order valence-electron chi connectivity index (χ2n) is 3.55. The lowest BCUT2D eigenvalue weighted by molar-refractivity contribution is 0.324. The Hall–Kier alpha value is -2.30. The van der Waals surface area contributed by atoms with Gasteiger partial charge in [-0.3, -0.25) is 0 Å². The molecule has 0 saturated heterocycles. The summed E-state index contributed by atoms with van der Waals surface area (Å²) in [5.41, 5.74) is 1.69. The van der Waals surface area contributed by atoms with Crippen LogP contribution in [0.1, 0.15) is 5.56 Å². The van der Waals surface area contributed by atoms with Crippen molar-refractivity contribution in [2.24, 2.45) is 9.98 Å². The van der Waals surface area contributed by atoms with Crippen molar-refractivity contribution in [3.63, 3.8) is 0 Å². The van der Waals surface area contributed by atoms with Crippen LogP contribution in [0, 0.1) is 0 Å². The molecule has 0 bridgehead atoms. The summed E-state index contributed by atoms with van der Waals surface area (Å²) in [7, 11) is 4.75. The molecule has 0 spiro atoms. The molecule has 18 heavy (non-hydrogen) atoms. The van der Waals surface area contributed by atoms with Gasteiger partial charge in [0.15, 0.2) is 11.5 Å². The molecular weight excluding hydrogens is 232 g/mol. The first-order chi connectivity index (χ1) is 8.78. The van der Waals surface area contributed by atoms with Crippen molar-refractivity contribution in [1.82, 2.24) is 0 Å². The minimum Gasteiger partial charge on any atom is -0.493 e. The van der Waals surface area contributed by atoms with Crippen molar-refractivity contribution in [3.05, 3.63) is 23.4 Å². The fourth-order valence-corrected chi connectivity index (χ4v) is 1.67. The zero-order valence-corrected chi connectivity index (χ0v) is 10.5. The molecule has 0 amide bonds. The van der Waals surface area contributed by atoms with E-state index in [9.17, 15) is 0 Å². The number of hydrogen-bond donors (Lipinski definition) is 0. The molecule has 1 aliphatic heterocycles. The van der Waals surface area contributed by atoms with E-state index in [0.29, 0.717) is 17.2 Å². The topological polar surface area (TPSA) is 52.4 Å². The van der Waals surface area contributed by atoms with Crippen molar-refractivity contribution in [2.75, 3.05) is 21.3 Å². The standard InChI is InChI=1S/C13H14N2O3/c1-16-11-5-9(4-10-7-14-8-15-10)6-12(17-2)13(11)18-3/h4-8H,1-3H3/b10-4-. The van der Waals surface area contributed by atoms with Crippen LogP contribution in [0.25, 0.3) is 6.08 Å². The first kappa shape index (κ1) is 12.2. The van der Waals surface area contributed by atoms with E-state index < -0.39 is 0 Å². The number of allylic oxidation sites excluding steroid dienone is 1. The van der Waals surface area contributed by atoms with Crippen molar-refractivity contribution >= 4 is 18.6 Å². The summed E-state index contributed by atoms with van der Waals surface area (Å²) in [6.45, 7) is 0. The maximum Gasteiger partial charge on any atom is 0.203 e. The predicted octanol–water partition coefficient (Wildman–Crippen LogP) is 2.17. The second kappa shape index (κ2) is 5.35. The van der Waals surface area contributed by atoms with Gasteiger partial charge in [-0.15, -0.1) is 0 Å². The first-order valence-electron chi connectivity index (χ1n) is 5.36. The minimum absolute atomic E-state index is 0.575. The molecule has 1 aromatic rings. The van der Waals surface area contributed by atoms with Crippen molar-refractivity contribution < 1.29 is 14.2 Å². The van der Waals surface area contributed by atoms with E-state index in [1.807, 2.05) is 18.2 Å². The molecule has 2 rings (SSSR count). The van der Waals surface area contributed by atoms with Crippen molar-refractivity contribution in [2.45, 2.75) is 0 Å². The summed E-state index contributed by atoms with van der Waals surface area (Å²) in [6, 6.07) is 3.71. The number of methoxy groups -OCH3 is 3. The van der Waals surface area contributed by atoms with E-state index in [1.165, 1.54) is 6.34 Å². The summed E-state index contributed by atoms with van der Waals surface area (Å²) < 4.78 is 15.8. The van der Waals surface area contributed by atoms with Crippen LogP contribution in [0.5, 0.6) is 17.2 Å². The number of benzene rings is 1. The summed E-state index contributed by atoms with van der Waals surface area (Å²) in [4.78, 5) is 7.99. The van der Waals surface area contributed by atoms with Crippen LogP contribution in [0.3, 0.4) is 0 Å². The van der Waals surface area contributed by atoms with E-state index in [-0.39, 0.29) is 0 Å². The van der Waals surface area contributed by atoms with Gasteiger partial charge in [-0.1, -0.05) is 0 Å². The highest BCUT2D eigenvalue weighted by Crippen LogP contribution is 2.38. The van der Waals surface area contributed by atoms with Crippen LogP contribution in [0.4, 0.5) is 0 Å².